The second-order valence-electron chi connectivity index (χ2n) is 9.76. The third kappa shape index (κ3) is 8.04. The van der Waals surface area contributed by atoms with Crippen molar-refractivity contribution in [3.8, 4) is 0 Å². The summed E-state index contributed by atoms with van der Waals surface area (Å²) in [5.41, 5.74) is 7.49. The minimum absolute atomic E-state index is 0.0262. The Hall–Kier alpha value is -3.93. The fraction of sp³-hybridized carbons (Fsp3) is 0.500. The second-order valence-corrected chi connectivity index (χ2v) is 9.76. The van der Waals surface area contributed by atoms with Crippen molar-refractivity contribution in [1.82, 2.24) is 20.9 Å². The topological polar surface area (TPSA) is 204 Å². The van der Waals surface area contributed by atoms with Gasteiger partial charge in [0.15, 0.2) is 0 Å². The Balaban J connectivity index is 2.33. The lowest BCUT2D eigenvalue weighted by atomic mass is 9.98. The van der Waals surface area contributed by atoms with Gasteiger partial charge in [0, 0.05) is 23.5 Å². The first-order valence-electron chi connectivity index (χ1n) is 12.5. The number of hydrogen-bond acceptors (Lipinski definition) is 6. The Labute approximate surface area is 220 Å². The van der Waals surface area contributed by atoms with E-state index >= 15 is 0 Å². The van der Waals surface area contributed by atoms with E-state index in [1.807, 2.05) is 24.3 Å². The van der Waals surface area contributed by atoms with E-state index in [0.717, 1.165) is 10.9 Å². The molecule has 0 fully saturated rings. The molecule has 5 unspecified atom stereocenters. The molecule has 0 bridgehead atoms. The molecule has 2 rings (SSSR count). The van der Waals surface area contributed by atoms with Crippen LogP contribution in [0.15, 0.2) is 30.5 Å². The van der Waals surface area contributed by atoms with Gasteiger partial charge in [-0.15, -0.1) is 0 Å². The van der Waals surface area contributed by atoms with Crippen LogP contribution in [0.5, 0.6) is 0 Å². The molecule has 1 aromatic heterocycles. The zero-order valence-electron chi connectivity index (χ0n) is 22.0. The Morgan fingerprint density at radius 1 is 0.921 bits per heavy atom. The molecule has 5 atom stereocenters. The number of nitrogens with one attached hydrogen (secondary N) is 4. The van der Waals surface area contributed by atoms with Crippen molar-refractivity contribution in [2.45, 2.75) is 71.1 Å². The molecule has 0 saturated heterocycles. The normalized spacial score (nSPS) is 15.2. The fourth-order valence-corrected chi connectivity index (χ4v) is 3.89. The Kier molecular flexibility index (Phi) is 10.8. The van der Waals surface area contributed by atoms with Crippen LogP contribution in [0.25, 0.3) is 10.9 Å². The number of carbonyl (C=O) groups excluding carboxylic acids is 3. The molecule has 1 heterocycles. The number of aliphatic carboxylic acids is 2. The van der Waals surface area contributed by atoms with Crippen LogP contribution in [0.4, 0.5) is 0 Å². The van der Waals surface area contributed by atoms with Crippen molar-refractivity contribution < 1.29 is 34.2 Å². The van der Waals surface area contributed by atoms with Gasteiger partial charge >= 0.3 is 11.9 Å². The summed E-state index contributed by atoms with van der Waals surface area (Å²) in [7, 11) is 0. The zero-order valence-corrected chi connectivity index (χ0v) is 22.0. The highest BCUT2D eigenvalue weighted by atomic mass is 16.4. The fourth-order valence-electron chi connectivity index (χ4n) is 3.89. The van der Waals surface area contributed by atoms with Gasteiger partial charge in [0.2, 0.25) is 17.7 Å². The smallest absolute Gasteiger partial charge is 0.326 e. The van der Waals surface area contributed by atoms with Gasteiger partial charge in [-0.3, -0.25) is 19.2 Å². The Bertz CT molecular complexity index is 1160. The van der Waals surface area contributed by atoms with Gasteiger partial charge in [-0.05, 0) is 23.5 Å². The van der Waals surface area contributed by atoms with Gasteiger partial charge in [-0.2, -0.15) is 0 Å². The van der Waals surface area contributed by atoms with E-state index in [4.69, 9.17) is 5.73 Å². The zero-order chi connectivity index (χ0) is 28.6. The molecule has 1 aromatic carbocycles. The van der Waals surface area contributed by atoms with Crippen LogP contribution < -0.4 is 21.7 Å². The first-order chi connectivity index (χ1) is 17.8. The number of aromatic nitrogens is 1. The largest absolute Gasteiger partial charge is 0.481 e. The number of aromatic amines is 1. The standard InChI is InChI=1S/C26H37N5O7/c1-5-14(4)22(26(37)38)31-24(35)19(11-20(32)33)29-23(34)18(30-25(36)21(27)13(2)3)10-15-12-28-17-9-7-6-8-16(15)17/h6-9,12-14,18-19,21-22,28H,5,10-11,27H2,1-4H3,(H,29,34)(H,30,36)(H,31,35)(H,32,33)(H,37,38). The molecule has 12 heteroatoms. The van der Waals surface area contributed by atoms with Gasteiger partial charge in [0.05, 0.1) is 12.5 Å². The maximum Gasteiger partial charge on any atom is 0.326 e. The summed E-state index contributed by atoms with van der Waals surface area (Å²) >= 11 is 0. The number of carboxylic acids is 2. The molecule has 0 aliphatic carbocycles. The summed E-state index contributed by atoms with van der Waals surface area (Å²) in [5.74, 6) is -5.65. The van der Waals surface area contributed by atoms with Crippen molar-refractivity contribution in [1.29, 1.82) is 0 Å². The van der Waals surface area contributed by atoms with Crippen molar-refractivity contribution in [3.05, 3.63) is 36.0 Å². The van der Waals surface area contributed by atoms with Crippen molar-refractivity contribution in [3.63, 3.8) is 0 Å². The highest BCUT2D eigenvalue weighted by molar-refractivity contribution is 5.96. The van der Waals surface area contributed by atoms with E-state index in [0.29, 0.717) is 12.0 Å². The molecular formula is C26H37N5O7. The lowest BCUT2D eigenvalue weighted by Crippen LogP contribution is -2.58. The molecule has 38 heavy (non-hydrogen) atoms. The van der Waals surface area contributed by atoms with Gasteiger partial charge in [-0.25, -0.2) is 4.79 Å². The maximum absolute atomic E-state index is 13.4. The van der Waals surface area contributed by atoms with Crippen molar-refractivity contribution in [2.24, 2.45) is 17.6 Å². The quantitative estimate of drug-likeness (QED) is 0.185. The maximum atomic E-state index is 13.4. The lowest BCUT2D eigenvalue weighted by molar-refractivity contribution is -0.144. The highest BCUT2D eigenvalue weighted by Crippen LogP contribution is 2.19. The first kappa shape index (κ1) is 30.3. The van der Waals surface area contributed by atoms with Gasteiger partial charge in [0.1, 0.15) is 18.1 Å². The second kappa shape index (κ2) is 13.6. The molecule has 12 nitrogen and oxygen atoms in total. The van der Waals surface area contributed by atoms with E-state index in [2.05, 4.69) is 20.9 Å². The summed E-state index contributed by atoms with van der Waals surface area (Å²) in [4.78, 5) is 65.3. The number of H-pyrrole nitrogens is 1. The predicted molar refractivity (Wildman–Crippen MR) is 140 cm³/mol. The number of carbonyl (C=O) groups is 5. The number of nitrogens with two attached hydrogens (primary N) is 1. The number of benzene rings is 1. The molecule has 0 saturated carbocycles. The predicted octanol–water partition coefficient (Wildman–Crippen LogP) is 0.754. The van der Waals surface area contributed by atoms with Crippen molar-refractivity contribution in [2.75, 3.05) is 0 Å². The number of rotatable bonds is 14. The summed E-state index contributed by atoms with van der Waals surface area (Å²) < 4.78 is 0. The Morgan fingerprint density at radius 3 is 2.11 bits per heavy atom. The molecule has 208 valence electrons. The number of fused-ring (bicyclic) bond motifs is 1. The molecule has 0 spiro atoms. The molecule has 0 aliphatic rings. The third-order valence-electron chi connectivity index (χ3n) is 6.54. The van der Waals surface area contributed by atoms with Crippen LogP contribution in [0.3, 0.4) is 0 Å². The van der Waals surface area contributed by atoms with Crippen molar-refractivity contribution >= 4 is 40.6 Å². The van der Waals surface area contributed by atoms with E-state index in [1.165, 1.54) is 0 Å². The summed E-state index contributed by atoms with van der Waals surface area (Å²) in [6.45, 7) is 6.89. The summed E-state index contributed by atoms with van der Waals surface area (Å²) in [5, 5.41) is 27.0. The van der Waals surface area contributed by atoms with Crippen LogP contribution >= 0.6 is 0 Å². The van der Waals surface area contributed by atoms with E-state index < -0.39 is 66.2 Å². The van der Waals surface area contributed by atoms with Crippen LogP contribution in [-0.2, 0) is 30.4 Å². The van der Waals surface area contributed by atoms with Gasteiger partial charge < -0.3 is 36.9 Å². The van der Waals surface area contributed by atoms with Gasteiger partial charge in [0.25, 0.3) is 0 Å². The minimum Gasteiger partial charge on any atom is -0.481 e. The molecule has 0 aliphatic heterocycles. The summed E-state index contributed by atoms with van der Waals surface area (Å²) in [6.07, 6.45) is 1.38. The van der Waals surface area contributed by atoms with E-state index in [9.17, 15) is 34.2 Å². The SMILES string of the molecule is CCC(C)C(NC(=O)C(CC(=O)O)NC(=O)C(Cc1c[nH]c2ccccc12)NC(=O)C(N)C(C)C)C(=O)O. The van der Waals surface area contributed by atoms with Gasteiger partial charge in [-0.1, -0.05) is 52.3 Å². The number of hydrogen-bond donors (Lipinski definition) is 7. The van der Waals surface area contributed by atoms with E-state index in [-0.39, 0.29) is 12.3 Å². The average Bonchev–Trinajstić information content (AvgIpc) is 3.27. The molecule has 2 aromatic rings. The molecule has 0 radical (unpaired) electrons. The number of amides is 3. The lowest BCUT2D eigenvalue weighted by Gasteiger charge is -2.26. The van der Waals surface area contributed by atoms with Crippen LogP contribution in [0, 0.1) is 11.8 Å². The molecule has 3 amide bonds. The minimum atomic E-state index is -1.58. The Morgan fingerprint density at radius 2 is 1.53 bits per heavy atom. The van der Waals surface area contributed by atoms with E-state index in [1.54, 1.807) is 33.9 Å². The number of para-hydroxylation sites is 1. The monoisotopic (exact) mass is 531 g/mol. The molecular weight excluding hydrogens is 494 g/mol. The average molecular weight is 532 g/mol. The highest BCUT2D eigenvalue weighted by Gasteiger charge is 2.33. The van der Waals surface area contributed by atoms with Crippen LogP contribution in [-0.4, -0.2) is 69.0 Å². The summed E-state index contributed by atoms with van der Waals surface area (Å²) in [6, 6.07) is 2.42. The van der Waals surface area contributed by atoms with Crippen LogP contribution in [0.1, 0.15) is 46.1 Å². The molecule has 8 N–H and O–H groups in total. The van der Waals surface area contributed by atoms with Crippen LogP contribution in [0.2, 0.25) is 0 Å². The third-order valence-corrected chi connectivity index (χ3v) is 6.54. The first-order valence-corrected chi connectivity index (χ1v) is 12.5. The number of carboxylic acid groups (broad SMARTS) is 2.